The van der Waals surface area contributed by atoms with E-state index in [0.717, 1.165) is 23.3 Å². The van der Waals surface area contributed by atoms with Gasteiger partial charge >= 0.3 is 0 Å². The molecule has 1 aliphatic heterocycles. The van der Waals surface area contributed by atoms with Gasteiger partial charge in [-0.05, 0) is 12.1 Å². The number of aromatic nitrogens is 2. The second kappa shape index (κ2) is 5.54. The number of anilines is 1. The number of carbonyl (C=O) groups is 2. The van der Waals surface area contributed by atoms with Crippen LogP contribution < -0.4 is 5.32 Å². The van der Waals surface area contributed by atoms with Crippen molar-refractivity contribution in [3.63, 3.8) is 0 Å². The average Bonchev–Trinajstić information content (AvgIpc) is 3.01. The summed E-state index contributed by atoms with van der Waals surface area (Å²) in [6.07, 6.45) is 0.281. The molecular weight excluding hydrogens is 276 g/mol. The normalized spacial score (nSPS) is 15.0. The highest BCUT2D eigenvalue weighted by atomic mass is 32.2. The Morgan fingerprint density at radius 3 is 3.05 bits per heavy atom. The Hall–Kier alpha value is -2.02. The number of imidazole rings is 1. The molecule has 3 rings (SSSR count). The van der Waals surface area contributed by atoms with Crippen molar-refractivity contribution in [1.82, 2.24) is 14.9 Å². The van der Waals surface area contributed by atoms with Gasteiger partial charge in [0.25, 0.3) is 5.24 Å². The zero-order valence-corrected chi connectivity index (χ0v) is 11.6. The molecule has 7 heteroatoms. The maximum Gasteiger partial charge on any atom is 0.281 e. The number of nitrogens with one attached hydrogen (secondary N) is 2. The van der Waals surface area contributed by atoms with Gasteiger partial charge in [0.05, 0.1) is 11.0 Å². The van der Waals surface area contributed by atoms with Crippen molar-refractivity contribution in [1.29, 1.82) is 0 Å². The molecule has 1 aliphatic rings. The number of aromatic amines is 1. The molecule has 0 saturated carbocycles. The van der Waals surface area contributed by atoms with Gasteiger partial charge in [-0.1, -0.05) is 23.9 Å². The van der Waals surface area contributed by atoms with E-state index in [-0.39, 0.29) is 17.6 Å². The van der Waals surface area contributed by atoms with E-state index in [1.54, 1.807) is 4.90 Å². The Bertz CT molecular complexity index is 622. The average molecular weight is 290 g/mol. The molecular formula is C13H14N4O2S. The van der Waals surface area contributed by atoms with E-state index in [0.29, 0.717) is 12.5 Å². The smallest absolute Gasteiger partial charge is 0.281 e. The summed E-state index contributed by atoms with van der Waals surface area (Å²) in [4.78, 5) is 32.2. The zero-order chi connectivity index (χ0) is 13.9. The van der Waals surface area contributed by atoms with Crippen molar-refractivity contribution in [2.75, 3.05) is 24.2 Å². The first-order valence-electron chi connectivity index (χ1n) is 6.39. The number of carbonyl (C=O) groups excluding carboxylic acids is 2. The van der Waals surface area contributed by atoms with Crippen molar-refractivity contribution in [2.45, 2.75) is 6.42 Å². The van der Waals surface area contributed by atoms with E-state index in [4.69, 9.17) is 0 Å². The van der Waals surface area contributed by atoms with Crippen LogP contribution in [0.4, 0.5) is 10.7 Å². The number of fused-ring (bicyclic) bond motifs is 1. The van der Waals surface area contributed by atoms with Crippen LogP contribution in [-0.4, -0.2) is 44.9 Å². The van der Waals surface area contributed by atoms with Crippen LogP contribution in [-0.2, 0) is 4.79 Å². The fraction of sp³-hybridized carbons (Fsp3) is 0.308. The zero-order valence-electron chi connectivity index (χ0n) is 10.8. The molecule has 0 bridgehead atoms. The predicted molar refractivity (Wildman–Crippen MR) is 78.8 cm³/mol. The van der Waals surface area contributed by atoms with Crippen LogP contribution in [0.1, 0.15) is 6.42 Å². The molecule has 0 radical (unpaired) electrons. The summed E-state index contributed by atoms with van der Waals surface area (Å²) in [5.74, 6) is 1.11. The lowest BCUT2D eigenvalue weighted by molar-refractivity contribution is -0.116. The summed E-state index contributed by atoms with van der Waals surface area (Å²) in [7, 11) is 0. The molecule has 1 aromatic heterocycles. The van der Waals surface area contributed by atoms with Crippen LogP contribution in [0.2, 0.25) is 0 Å². The second-order valence-corrected chi connectivity index (χ2v) is 5.55. The monoisotopic (exact) mass is 290 g/mol. The van der Waals surface area contributed by atoms with Gasteiger partial charge in [-0.2, -0.15) is 0 Å². The van der Waals surface area contributed by atoms with Crippen LogP contribution in [0.3, 0.4) is 0 Å². The molecule has 2 amide bonds. The number of para-hydroxylation sites is 2. The SMILES string of the molecule is O=C(CCN1CCSC1=O)Nc1nc2ccccc2[nH]1. The van der Waals surface area contributed by atoms with Gasteiger partial charge in [0.1, 0.15) is 0 Å². The maximum absolute atomic E-state index is 11.8. The molecule has 0 spiro atoms. The summed E-state index contributed by atoms with van der Waals surface area (Å²) in [5, 5.41) is 2.78. The lowest BCUT2D eigenvalue weighted by Gasteiger charge is -2.13. The van der Waals surface area contributed by atoms with Crippen molar-refractivity contribution in [2.24, 2.45) is 0 Å². The largest absolute Gasteiger partial charge is 0.332 e. The lowest BCUT2D eigenvalue weighted by atomic mass is 10.3. The minimum atomic E-state index is -0.145. The Kier molecular flexibility index (Phi) is 3.60. The summed E-state index contributed by atoms with van der Waals surface area (Å²) in [5.41, 5.74) is 1.70. The Morgan fingerprint density at radius 2 is 2.30 bits per heavy atom. The van der Waals surface area contributed by atoms with E-state index in [9.17, 15) is 9.59 Å². The van der Waals surface area contributed by atoms with Crippen LogP contribution >= 0.6 is 11.8 Å². The minimum Gasteiger partial charge on any atom is -0.332 e. The van der Waals surface area contributed by atoms with Crippen molar-refractivity contribution in [3.8, 4) is 0 Å². The van der Waals surface area contributed by atoms with Crippen LogP contribution in [0.5, 0.6) is 0 Å². The highest BCUT2D eigenvalue weighted by Gasteiger charge is 2.21. The molecule has 1 saturated heterocycles. The standard InChI is InChI=1S/C13H14N4O2S/c18-11(5-6-17-7-8-20-13(17)19)16-12-14-9-3-1-2-4-10(9)15-12/h1-4H,5-8H2,(H2,14,15,16,18). The Balaban J connectivity index is 1.57. The molecule has 1 fully saturated rings. The van der Waals surface area contributed by atoms with Crippen LogP contribution in [0.25, 0.3) is 11.0 Å². The number of benzene rings is 1. The molecule has 20 heavy (non-hydrogen) atoms. The van der Waals surface area contributed by atoms with Crippen molar-refractivity contribution in [3.05, 3.63) is 24.3 Å². The molecule has 1 aromatic carbocycles. The van der Waals surface area contributed by atoms with E-state index in [1.807, 2.05) is 24.3 Å². The molecule has 0 atom stereocenters. The number of H-pyrrole nitrogens is 1. The topological polar surface area (TPSA) is 78.1 Å². The number of rotatable bonds is 4. The first-order chi connectivity index (χ1) is 9.72. The molecule has 0 unspecified atom stereocenters. The van der Waals surface area contributed by atoms with Gasteiger partial charge < -0.3 is 9.88 Å². The van der Waals surface area contributed by atoms with Gasteiger partial charge in [0, 0.05) is 25.3 Å². The van der Waals surface area contributed by atoms with Crippen LogP contribution in [0, 0.1) is 0 Å². The third-order valence-electron chi connectivity index (χ3n) is 3.10. The van der Waals surface area contributed by atoms with E-state index >= 15 is 0 Å². The van der Waals surface area contributed by atoms with Gasteiger partial charge in [-0.3, -0.25) is 14.9 Å². The first kappa shape index (κ1) is 13.0. The number of amides is 2. The van der Waals surface area contributed by atoms with Crippen molar-refractivity contribution < 1.29 is 9.59 Å². The molecule has 2 N–H and O–H groups in total. The van der Waals surface area contributed by atoms with Crippen LogP contribution in [0.15, 0.2) is 24.3 Å². The quantitative estimate of drug-likeness (QED) is 0.903. The van der Waals surface area contributed by atoms with Gasteiger partial charge in [0.2, 0.25) is 11.9 Å². The third-order valence-corrected chi connectivity index (χ3v) is 3.99. The van der Waals surface area contributed by atoms with Gasteiger partial charge in [-0.25, -0.2) is 4.98 Å². The molecule has 104 valence electrons. The lowest BCUT2D eigenvalue weighted by Crippen LogP contribution is -2.27. The number of hydrogen-bond donors (Lipinski definition) is 2. The minimum absolute atomic E-state index is 0.0570. The second-order valence-electron chi connectivity index (χ2n) is 4.50. The van der Waals surface area contributed by atoms with Gasteiger partial charge in [-0.15, -0.1) is 0 Å². The molecule has 6 nitrogen and oxygen atoms in total. The summed E-state index contributed by atoms with van der Waals surface area (Å²) in [6, 6.07) is 7.58. The first-order valence-corrected chi connectivity index (χ1v) is 7.37. The fourth-order valence-corrected chi connectivity index (χ4v) is 2.92. The summed E-state index contributed by atoms with van der Waals surface area (Å²) in [6.45, 7) is 1.18. The number of thioether (sulfide) groups is 1. The maximum atomic E-state index is 11.8. The molecule has 0 aliphatic carbocycles. The van der Waals surface area contributed by atoms with Crippen molar-refractivity contribution >= 4 is 39.9 Å². The Morgan fingerprint density at radius 1 is 1.45 bits per heavy atom. The predicted octanol–water partition coefficient (Wildman–Crippen LogP) is 2.06. The molecule has 2 heterocycles. The van der Waals surface area contributed by atoms with E-state index < -0.39 is 0 Å². The highest BCUT2D eigenvalue weighted by Crippen LogP contribution is 2.17. The number of nitrogens with zero attached hydrogens (tertiary/aromatic N) is 2. The third kappa shape index (κ3) is 2.77. The number of hydrogen-bond acceptors (Lipinski definition) is 4. The molecule has 2 aromatic rings. The Labute approximate surface area is 119 Å². The van der Waals surface area contributed by atoms with E-state index in [1.165, 1.54) is 11.8 Å². The summed E-state index contributed by atoms with van der Waals surface area (Å²) < 4.78 is 0. The van der Waals surface area contributed by atoms with E-state index in [2.05, 4.69) is 15.3 Å². The fourth-order valence-electron chi connectivity index (χ4n) is 2.07. The summed E-state index contributed by atoms with van der Waals surface area (Å²) >= 11 is 1.30. The van der Waals surface area contributed by atoms with Gasteiger partial charge in [0.15, 0.2) is 0 Å². The highest BCUT2D eigenvalue weighted by molar-refractivity contribution is 8.13.